The quantitative estimate of drug-likeness (QED) is 0.337. The molecule has 2 N–H and O–H groups in total. The summed E-state index contributed by atoms with van der Waals surface area (Å²) in [4.78, 5) is 11.6. The third-order valence-electron chi connectivity index (χ3n) is 5.44. The molecule has 0 spiro atoms. The van der Waals surface area contributed by atoms with Crippen LogP contribution >= 0.6 is 24.0 Å². The molecule has 1 aromatic carbocycles. The molecule has 0 aliphatic carbocycles. The van der Waals surface area contributed by atoms with Gasteiger partial charge in [-0.05, 0) is 44.7 Å². The number of oxazole rings is 1. The molecule has 160 valence electrons. The molecule has 1 aromatic heterocycles. The third kappa shape index (κ3) is 6.44. The van der Waals surface area contributed by atoms with Gasteiger partial charge in [0, 0.05) is 32.2 Å². The number of aryl methyl sites for hydroxylation is 2. The minimum absolute atomic E-state index is 0. The molecule has 0 saturated carbocycles. The van der Waals surface area contributed by atoms with Gasteiger partial charge < -0.3 is 15.1 Å². The van der Waals surface area contributed by atoms with Crippen LogP contribution in [0.2, 0.25) is 0 Å². The molecule has 1 unspecified atom stereocenters. The van der Waals surface area contributed by atoms with Crippen molar-refractivity contribution in [2.45, 2.75) is 59.7 Å². The van der Waals surface area contributed by atoms with Crippen LogP contribution < -0.4 is 10.6 Å². The molecule has 29 heavy (non-hydrogen) atoms. The van der Waals surface area contributed by atoms with Gasteiger partial charge in [0.25, 0.3) is 0 Å². The van der Waals surface area contributed by atoms with Gasteiger partial charge in [-0.3, -0.25) is 4.90 Å². The predicted molar refractivity (Wildman–Crippen MR) is 129 cm³/mol. The number of halogens is 1. The fraction of sp³-hybridized carbons (Fsp3) is 0.545. The van der Waals surface area contributed by atoms with E-state index in [1.165, 1.54) is 11.1 Å². The maximum Gasteiger partial charge on any atom is 0.216 e. The Kier molecular flexibility index (Phi) is 9.42. The summed E-state index contributed by atoms with van der Waals surface area (Å²) < 4.78 is 5.64. The highest BCUT2D eigenvalue weighted by atomic mass is 127. The summed E-state index contributed by atoms with van der Waals surface area (Å²) in [7, 11) is 0. The number of aliphatic imine (C=N–C) groups is 1. The van der Waals surface area contributed by atoms with Gasteiger partial charge >= 0.3 is 0 Å². The average molecular weight is 511 g/mol. The van der Waals surface area contributed by atoms with Crippen LogP contribution in [0.1, 0.15) is 48.7 Å². The number of hydrogen-bond acceptors (Lipinski definition) is 4. The minimum atomic E-state index is 0. The molecule has 3 rings (SSSR count). The van der Waals surface area contributed by atoms with Gasteiger partial charge in [0.15, 0.2) is 5.96 Å². The van der Waals surface area contributed by atoms with Gasteiger partial charge in [-0.25, -0.2) is 9.98 Å². The fourth-order valence-corrected chi connectivity index (χ4v) is 3.67. The Morgan fingerprint density at radius 3 is 2.62 bits per heavy atom. The molecule has 2 aromatic rings. The van der Waals surface area contributed by atoms with Crippen molar-refractivity contribution < 1.29 is 4.42 Å². The van der Waals surface area contributed by atoms with Gasteiger partial charge in [-0.2, -0.15) is 0 Å². The van der Waals surface area contributed by atoms with E-state index in [2.05, 4.69) is 63.6 Å². The van der Waals surface area contributed by atoms with Crippen molar-refractivity contribution in [1.29, 1.82) is 0 Å². The first-order valence-corrected chi connectivity index (χ1v) is 10.4. The SMILES string of the molecule is CCNC(=NCc1nc(C)c(C)o1)NCC(CC)N1CCc2ccccc2C1.I. The first-order chi connectivity index (χ1) is 13.6. The topological polar surface area (TPSA) is 65.7 Å². The van der Waals surface area contributed by atoms with Crippen LogP contribution in [0.5, 0.6) is 0 Å². The predicted octanol–water partition coefficient (Wildman–Crippen LogP) is 3.80. The maximum absolute atomic E-state index is 5.64. The number of nitrogens with one attached hydrogen (secondary N) is 2. The Morgan fingerprint density at radius 2 is 1.97 bits per heavy atom. The summed E-state index contributed by atoms with van der Waals surface area (Å²) in [6.45, 7) is 12.5. The van der Waals surface area contributed by atoms with Crippen LogP contribution in [-0.2, 0) is 19.5 Å². The number of rotatable bonds is 7. The lowest BCUT2D eigenvalue weighted by atomic mass is 9.98. The molecule has 2 heterocycles. The zero-order valence-electron chi connectivity index (χ0n) is 18.0. The highest BCUT2D eigenvalue weighted by Crippen LogP contribution is 2.21. The van der Waals surface area contributed by atoms with E-state index >= 15 is 0 Å². The first-order valence-electron chi connectivity index (χ1n) is 10.4. The Hall–Kier alpha value is -1.61. The lowest BCUT2D eigenvalue weighted by Crippen LogP contribution is -2.48. The molecule has 0 fully saturated rings. The number of hydrogen-bond donors (Lipinski definition) is 2. The van der Waals surface area contributed by atoms with E-state index < -0.39 is 0 Å². The van der Waals surface area contributed by atoms with E-state index in [9.17, 15) is 0 Å². The van der Waals surface area contributed by atoms with Gasteiger partial charge in [-0.1, -0.05) is 31.2 Å². The van der Waals surface area contributed by atoms with Gasteiger partial charge in [0.05, 0.1) is 5.69 Å². The van der Waals surface area contributed by atoms with E-state index in [0.29, 0.717) is 18.5 Å². The van der Waals surface area contributed by atoms with Crippen LogP contribution in [0.4, 0.5) is 0 Å². The Labute approximate surface area is 191 Å². The molecule has 0 radical (unpaired) electrons. The summed E-state index contributed by atoms with van der Waals surface area (Å²) in [5, 5.41) is 6.84. The number of benzene rings is 1. The third-order valence-corrected chi connectivity index (χ3v) is 5.44. The molecule has 1 aliphatic heterocycles. The number of aromatic nitrogens is 1. The number of fused-ring (bicyclic) bond motifs is 1. The van der Waals surface area contributed by atoms with Crippen molar-refractivity contribution >= 4 is 29.9 Å². The summed E-state index contributed by atoms with van der Waals surface area (Å²) in [6, 6.07) is 9.28. The Bertz CT molecular complexity index is 785. The van der Waals surface area contributed by atoms with Crippen molar-refractivity contribution in [2.75, 3.05) is 19.6 Å². The van der Waals surface area contributed by atoms with Gasteiger partial charge in [-0.15, -0.1) is 24.0 Å². The molecule has 7 heteroatoms. The van der Waals surface area contributed by atoms with Crippen molar-refractivity contribution in [3.63, 3.8) is 0 Å². The van der Waals surface area contributed by atoms with E-state index in [0.717, 1.165) is 56.4 Å². The molecule has 0 amide bonds. The Balaban J connectivity index is 0.00000300. The second kappa shape index (κ2) is 11.5. The second-order valence-corrected chi connectivity index (χ2v) is 7.38. The average Bonchev–Trinajstić information content (AvgIpc) is 3.03. The molecular formula is C22H34IN5O. The number of guanidine groups is 1. The fourth-order valence-electron chi connectivity index (χ4n) is 3.67. The zero-order chi connectivity index (χ0) is 19.9. The highest BCUT2D eigenvalue weighted by molar-refractivity contribution is 14.0. The molecule has 0 bridgehead atoms. The molecule has 6 nitrogen and oxygen atoms in total. The summed E-state index contributed by atoms with van der Waals surface area (Å²) in [5.41, 5.74) is 3.88. The molecular weight excluding hydrogens is 477 g/mol. The zero-order valence-corrected chi connectivity index (χ0v) is 20.3. The van der Waals surface area contributed by atoms with Crippen LogP contribution in [0.25, 0.3) is 0 Å². The standard InChI is InChI=1S/C22H33N5O.HI/c1-5-20(27-12-11-18-9-7-8-10-19(18)15-27)13-24-22(23-6-2)25-14-21-26-16(3)17(4)28-21;/h7-10,20H,5-6,11-15H2,1-4H3,(H2,23,24,25);1H. The smallest absolute Gasteiger partial charge is 0.216 e. The second-order valence-electron chi connectivity index (χ2n) is 7.38. The van der Waals surface area contributed by atoms with Crippen molar-refractivity contribution in [1.82, 2.24) is 20.5 Å². The molecule has 1 aliphatic rings. The molecule has 1 atom stereocenters. The largest absolute Gasteiger partial charge is 0.444 e. The van der Waals surface area contributed by atoms with Gasteiger partial charge in [0.1, 0.15) is 12.3 Å². The van der Waals surface area contributed by atoms with Crippen LogP contribution in [0, 0.1) is 13.8 Å². The normalized spacial score (nSPS) is 15.4. The van der Waals surface area contributed by atoms with E-state index in [1.807, 2.05) is 13.8 Å². The Morgan fingerprint density at radius 1 is 1.21 bits per heavy atom. The van der Waals surface area contributed by atoms with Crippen LogP contribution in [0.3, 0.4) is 0 Å². The molecule has 0 saturated heterocycles. The maximum atomic E-state index is 5.64. The van der Waals surface area contributed by atoms with E-state index in [1.54, 1.807) is 0 Å². The van der Waals surface area contributed by atoms with Crippen molar-refractivity contribution in [3.05, 3.63) is 52.7 Å². The summed E-state index contributed by atoms with van der Waals surface area (Å²) in [6.07, 6.45) is 2.23. The lowest BCUT2D eigenvalue weighted by molar-refractivity contribution is 0.174. The van der Waals surface area contributed by atoms with Crippen molar-refractivity contribution in [3.8, 4) is 0 Å². The summed E-state index contributed by atoms with van der Waals surface area (Å²) in [5.74, 6) is 2.33. The highest BCUT2D eigenvalue weighted by Gasteiger charge is 2.22. The first kappa shape index (κ1) is 23.7. The van der Waals surface area contributed by atoms with Gasteiger partial charge in [0.2, 0.25) is 5.89 Å². The summed E-state index contributed by atoms with van der Waals surface area (Å²) >= 11 is 0. The van der Waals surface area contributed by atoms with E-state index in [4.69, 9.17) is 4.42 Å². The number of nitrogens with zero attached hydrogens (tertiary/aromatic N) is 3. The monoisotopic (exact) mass is 511 g/mol. The van der Waals surface area contributed by atoms with Crippen molar-refractivity contribution in [2.24, 2.45) is 4.99 Å². The van der Waals surface area contributed by atoms with E-state index in [-0.39, 0.29) is 24.0 Å². The minimum Gasteiger partial charge on any atom is -0.444 e. The lowest BCUT2D eigenvalue weighted by Gasteiger charge is -2.35. The van der Waals surface area contributed by atoms with Crippen LogP contribution in [0.15, 0.2) is 33.7 Å². The van der Waals surface area contributed by atoms with Crippen LogP contribution in [-0.4, -0.2) is 41.5 Å².